The molecule has 1 aliphatic carbocycles. The molecule has 2 N–H and O–H groups in total. The second kappa shape index (κ2) is 2.28. The Kier molecular flexibility index (Phi) is 1.23. The Hall–Kier alpha value is -1.44. The lowest BCUT2D eigenvalue weighted by Gasteiger charge is -1.94. The van der Waals surface area contributed by atoms with E-state index in [0.717, 1.165) is 29.9 Å². The molecule has 2 nitrogen and oxygen atoms in total. The van der Waals surface area contributed by atoms with E-state index in [-0.39, 0.29) is 0 Å². The molecule has 1 aliphatic rings. The summed E-state index contributed by atoms with van der Waals surface area (Å²) in [5.41, 5.74) is 8.84. The number of benzene rings is 1. The lowest BCUT2D eigenvalue weighted by Crippen LogP contribution is -1.84. The highest BCUT2D eigenvalue weighted by Gasteiger charge is 2.19. The fraction of sp³-hybridized carbons (Fsp3) is 0.273. The van der Waals surface area contributed by atoms with Crippen LogP contribution in [0.15, 0.2) is 22.6 Å². The predicted molar refractivity (Wildman–Crippen MR) is 52.7 cm³/mol. The molecule has 0 atom stereocenters. The van der Waals surface area contributed by atoms with Crippen molar-refractivity contribution >= 4 is 16.7 Å². The molecule has 0 unspecified atom stereocenters. The second-order valence-corrected chi connectivity index (χ2v) is 3.58. The summed E-state index contributed by atoms with van der Waals surface area (Å²) in [4.78, 5) is 0. The molecule has 1 heterocycles. The Bertz CT molecular complexity index is 470. The van der Waals surface area contributed by atoms with E-state index in [1.807, 2.05) is 12.1 Å². The molecule has 1 aromatic carbocycles. The Morgan fingerprint density at radius 1 is 1.23 bits per heavy atom. The fourth-order valence-electron chi connectivity index (χ4n) is 2.14. The number of rotatable bonds is 0. The van der Waals surface area contributed by atoms with E-state index in [9.17, 15) is 0 Å². The van der Waals surface area contributed by atoms with Crippen LogP contribution in [0.3, 0.4) is 0 Å². The molecule has 2 aromatic rings. The molecule has 66 valence electrons. The number of hydrogen-bond donors (Lipinski definition) is 1. The van der Waals surface area contributed by atoms with E-state index >= 15 is 0 Å². The summed E-state index contributed by atoms with van der Waals surface area (Å²) in [7, 11) is 0. The van der Waals surface area contributed by atoms with Crippen molar-refractivity contribution in [2.45, 2.75) is 19.3 Å². The highest BCUT2D eigenvalue weighted by molar-refractivity contribution is 5.91. The van der Waals surface area contributed by atoms with Crippen LogP contribution in [0, 0.1) is 0 Å². The minimum Gasteiger partial charge on any atom is -0.459 e. The zero-order chi connectivity index (χ0) is 8.84. The topological polar surface area (TPSA) is 39.2 Å². The first-order valence-corrected chi connectivity index (χ1v) is 4.65. The van der Waals surface area contributed by atoms with E-state index in [1.165, 1.54) is 17.4 Å². The molecule has 0 spiro atoms. The molecule has 0 amide bonds. The van der Waals surface area contributed by atoms with Gasteiger partial charge in [0.15, 0.2) is 5.58 Å². The Morgan fingerprint density at radius 3 is 3.08 bits per heavy atom. The van der Waals surface area contributed by atoms with Gasteiger partial charge in [0.05, 0.1) is 5.69 Å². The van der Waals surface area contributed by atoms with Crippen LogP contribution >= 0.6 is 0 Å². The standard InChI is InChI=1S/C11H11NO/c12-9-5-1-4-8-7-3-2-6-10(7)13-11(8)9/h1,4-5H,2-3,6,12H2. The lowest BCUT2D eigenvalue weighted by atomic mass is 10.1. The van der Waals surface area contributed by atoms with E-state index in [2.05, 4.69) is 6.07 Å². The molecule has 2 heteroatoms. The number of para-hydroxylation sites is 1. The van der Waals surface area contributed by atoms with Crippen LogP contribution in [0.4, 0.5) is 5.69 Å². The van der Waals surface area contributed by atoms with Gasteiger partial charge in [-0.3, -0.25) is 0 Å². The molecule has 1 aromatic heterocycles. The van der Waals surface area contributed by atoms with Crippen LogP contribution in [0.1, 0.15) is 17.7 Å². The van der Waals surface area contributed by atoms with Crippen molar-refractivity contribution in [3.8, 4) is 0 Å². The first-order valence-electron chi connectivity index (χ1n) is 4.65. The van der Waals surface area contributed by atoms with Gasteiger partial charge >= 0.3 is 0 Å². The van der Waals surface area contributed by atoms with Gasteiger partial charge in [-0.25, -0.2) is 0 Å². The van der Waals surface area contributed by atoms with Crippen molar-refractivity contribution in [1.29, 1.82) is 0 Å². The number of aryl methyl sites for hydroxylation is 2. The van der Waals surface area contributed by atoms with Crippen molar-refractivity contribution in [2.24, 2.45) is 0 Å². The van der Waals surface area contributed by atoms with Crippen LogP contribution in [0.25, 0.3) is 11.0 Å². The summed E-state index contributed by atoms with van der Waals surface area (Å²) in [5, 5.41) is 1.22. The number of fused-ring (bicyclic) bond motifs is 3. The van der Waals surface area contributed by atoms with E-state index in [4.69, 9.17) is 10.2 Å². The smallest absolute Gasteiger partial charge is 0.157 e. The minimum atomic E-state index is 0.756. The van der Waals surface area contributed by atoms with Crippen molar-refractivity contribution in [3.63, 3.8) is 0 Å². The monoisotopic (exact) mass is 173 g/mol. The zero-order valence-electron chi connectivity index (χ0n) is 7.34. The van der Waals surface area contributed by atoms with Crippen LogP contribution in [0.2, 0.25) is 0 Å². The molecule has 0 fully saturated rings. The average molecular weight is 173 g/mol. The third-order valence-corrected chi connectivity index (χ3v) is 2.76. The van der Waals surface area contributed by atoms with Gasteiger partial charge in [-0.15, -0.1) is 0 Å². The van der Waals surface area contributed by atoms with Crippen molar-refractivity contribution < 1.29 is 4.42 Å². The average Bonchev–Trinajstić information content (AvgIpc) is 2.65. The van der Waals surface area contributed by atoms with Gasteiger partial charge in [-0.1, -0.05) is 12.1 Å². The maximum absolute atomic E-state index is 5.82. The minimum absolute atomic E-state index is 0.756. The predicted octanol–water partition coefficient (Wildman–Crippen LogP) is 2.50. The van der Waals surface area contributed by atoms with Crippen molar-refractivity contribution in [3.05, 3.63) is 29.5 Å². The van der Waals surface area contributed by atoms with Crippen LogP contribution in [-0.2, 0) is 12.8 Å². The maximum Gasteiger partial charge on any atom is 0.157 e. The SMILES string of the molecule is Nc1cccc2c3c(oc12)CCC3. The molecule has 3 rings (SSSR count). The van der Waals surface area contributed by atoms with Gasteiger partial charge in [-0.05, 0) is 18.9 Å². The summed E-state index contributed by atoms with van der Waals surface area (Å²) in [5.74, 6) is 1.15. The largest absolute Gasteiger partial charge is 0.459 e. The third-order valence-electron chi connectivity index (χ3n) is 2.76. The molecule has 0 aliphatic heterocycles. The van der Waals surface area contributed by atoms with Crippen LogP contribution in [0.5, 0.6) is 0 Å². The molecule has 0 bridgehead atoms. The number of furan rings is 1. The quantitative estimate of drug-likeness (QED) is 0.622. The molecule has 0 saturated heterocycles. The van der Waals surface area contributed by atoms with Gasteiger partial charge in [0.2, 0.25) is 0 Å². The molecule has 0 radical (unpaired) electrons. The zero-order valence-corrected chi connectivity index (χ0v) is 7.34. The molecular formula is C11H11NO. The molecular weight excluding hydrogens is 162 g/mol. The Morgan fingerprint density at radius 2 is 2.15 bits per heavy atom. The van der Waals surface area contributed by atoms with Crippen molar-refractivity contribution in [1.82, 2.24) is 0 Å². The summed E-state index contributed by atoms with van der Waals surface area (Å²) < 4.78 is 5.72. The van der Waals surface area contributed by atoms with Crippen LogP contribution < -0.4 is 5.73 Å². The first-order chi connectivity index (χ1) is 6.36. The van der Waals surface area contributed by atoms with Gasteiger partial charge in [-0.2, -0.15) is 0 Å². The van der Waals surface area contributed by atoms with E-state index < -0.39 is 0 Å². The number of nitrogens with two attached hydrogens (primary N) is 1. The van der Waals surface area contributed by atoms with Gasteiger partial charge in [0.25, 0.3) is 0 Å². The Balaban J connectivity index is 2.44. The summed E-state index contributed by atoms with van der Waals surface area (Å²) in [6.45, 7) is 0. The van der Waals surface area contributed by atoms with Crippen molar-refractivity contribution in [2.75, 3.05) is 5.73 Å². The van der Waals surface area contributed by atoms with Crippen LogP contribution in [-0.4, -0.2) is 0 Å². The second-order valence-electron chi connectivity index (χ2n) is 3.58. The summed E-state index contributed by atoms with van der Waals surface area (Å²) in [6.07, 6.45) is 3.44. The lowest BCUT2D eigenvalue weighted by molar-refractivity contribution is 0.558. The first kappa shape index (κ1) is 7.01. The third kappa shape index (κ3) is 0.829. The van der Waals surface area contributed by atoms with Gasteiger partial charge in [0, 0.05) is 17.4 Å². The summed E-state index contributed by atoms with van der Waals surface area (Å²) >= 11 is 0. The molecule has 0 saturated carbocycles. The Labute approximate surface area is 76.3 Å². The number of hydrogen-bond acceptors (Lipinski definition) is 2. The fourth-order valence-corrected chi connectivity index (χ4v) is 2.14. The highest BCUT2D eigenvalue weighted by atomic mass is 16.3. The number of nitrogen functional groups attached to an aromatic ring is 1. The van der Waals surface area contributed by atoms with E-state index in [1.54, 1.807) is 0 Å². The highest BCUT2D eigenvalue weighted by Crippen LogP contribution is 2.34. The number of anilines is 1. The molecule has 13 heavy (non-hydrogen) atoms. The maximum atomic E-state index is 5.82. The summed E-state index contributed by atoms with van der Waals surface area (Å²) in [6, 6.07) is 5.98. The van der Waals surface area contributed by atoms with Gasteiger partial charge < -0.3 is 10.2 Å². The van der Waals surface area contributed by atoms with Gasteiger partial charge in [0.1, 0.15) is 5.76 Å². The van der Waals surface area contributed by atoms with E-state index in [0.29, 0.717) is 0 Å². The normalized spacial score (nSPS) is 15.1.